The summed E-state index contributed by atoms with van der Waals surface area (Å²) in [7, 11) is 1.58. The van der Waals surface area contributed by atoms with Gasteiger partial charge in [-0.25, -0.2) is 14.4 Å². The number of carbonyl (C=O) groups is 1. The van der Waals surface area contributed by atoms with Crippen LogP contribution < -0.4 is 14.8 Å². The number of ether oxygens (including phenoxy) is 2. The van der Waals surface area contributed by atoms with Gasteiger partial charge in [-0.3, -0.25) is 9.20 Å². The lowest BCUT2D eigenvalue weighted by atomic mass is 9.99. The first-order chi connectivity index (χ1) is 19.0. The molecule has 1 N–H and O–H groups in total. The van der Waals surface area contributed by atoms with Gasteiger partial charge in [-0.2, -0.15) is 0 Å². The Labute approximate surface area is 225 Å². The third kappa shape index (κ3) is 4.79. The summed E-state index contributed by atoms with van der Waals surface area (Å²) < 4.78 is 27.5. The van der Waals surface area contributed by atoms with Crippen molar-refractivity contribution in [3.05, 3.63) is 66.2 Å². The fraction of sp³-hybridized carbons (Fsp3) is 0.300. The summed E-state index contributed by atoms with van der Waals surface area (Å²) in [6, 6.07) is 12.9. The quantitative estimate of drug-likeness (QED) is 0.393. The molecule has 1 atom stereocenters. The number of amides is 1. The van der Waals surface area contributed by atoms with E-state index in [0.29, 0.717) is 48.5 Å². The lowest BCUT2D eigenvalue weighted by Crippen LogP contribution is -2.45. The Hall–Kier alpha value is -4.42. The minimum atomic E-state index is -0.330. The predicted molar refractivity (Wildman–Crippen MR) is 145 cm³/mol. The van der Waals surface area contributed by atoms with Gasteiger partial charge in [0.25, 0.3) is 5.91 Å². The third-order valence-corrected chi connectivity index (χ3v) is 7.31. The number of halogens is 1. The average Bonchev–Trinajstić information content (AvgIpc) is 3.54. The van der Waals surface area contributed by atoms with E-state index < -0.39 is 0 Å². The van der Waals surface area contributed by atoms with Crippen molar-refractivity contribution in [2.45, 2.75) is 31.8 Å². The Bertz CT molecular complexity index is 1610. The zero-order valence-corrected chi connectivity index (χ0v) is 21.8. The number of hydrogen-bond acceptors (Lipinski definition) is 6. The Kier molecular flexibility index (Phi) is 6.63. The molecule has 2 aromatic heterocycles. The Morgan fingerprint density at radius 1 is 1.18 bits per heavy atom. The average molecular weight is 526 g/mol. The number of nitrogens with one attached hydrogen (secondary N) is 1. The molecule has 0 radical (unpaired) electrons. The van der Waals surface area contributed by atoms with E-state index in [2.05, 4.69) is 28.2 Å². The van der Waals surface area contributed by atoms with E-state index in [0.717, 1.165) is 35.4 Å². The van der Waals surface area contributed by atoms with Gasteiger partial charge in [0.1, 0.15) is 18.2 Å². The first-order valence-electron chi connectivity index (χ1n) is 13.0. The monoisotopic (exact) mass is 525 g/mol. The van der Waals surface area contributed by atoms with Crippen LogP contribution in [0.3, 0.4) is 0 Å². The maximum Gasteiger partial charge on any atom is 0.298 e. The summed E-state index contributed by atoms with van der Waals surface area (Å²) >= 11 is 0. The fourth-order valence-corrected chi connectivity index (χ4v) is 5.35. The SMILES string of the molecule is CC#CC(=O)N1CCC(N[C@H]2COc3cc(-c4nc5ncc(OC)cn5c4-c4cccc(F)c4)ccc32)CC1. The highest BCUT2D eigenvalue weighted by Gasteiger charge is 2.30. The molecule has 2 aromatic carbocycles. The molecule has 2 aliphatic heterocycles. The van der Waals surface area contributed by atoms with E-state index in [1.165, 1.54) is 12.1 Å². The van der Waals surface area contributed by atoms with E-state index >= 15 is 0 Å². The van der Waals surface area contributed by atoms with E-state index in [9.17, 15) is 9.18 Å². The Morgan fingerprint density at radius 2 is 2.03 bits per heavy atom. The number of aromatic nitrogens is 3. The molecule has 198 valence electrons. The van der Waals surface area contributed by atoms with Crippen molar-refractivity contribution in [3.8, 4) is 45.9 Å². The van der Waals surface area contributed by atoms with Crippen LogP contribution in [0, 0.1) is 17.7 Å². The first kappa shape index (κ1) is 24.9. The highest BCUT2D eigenvalue weighted by atomic mass is 19.1. The molecule has 6 rings (SSSR count). The van der Waals surface area contributed by atoms with Crippen LogP contribution in [0.15, 0.2) is 54.9 Å². The van der Waals surface area contributed by atoms with Gasteiger partial charge in [0.2, 0.25) is 5.78 Å². The van der Waals surface area contributed by atoms with Crippen LogP contribution >= 0.6 is 0 Å². The molecule has 4 aromatic rings. The number of imidazole rings is 1. The van der Waals surface area contributed by atoms with Gasteiger partial charge in [-0.15, -0.1) is 0 Å². The van der Waals surface area contributed by atoms with Gasteiger partial charge < -0.3 is 19.7 Å². The minimum Gasteiger partial charge on any atom is -0.494 e. The van der Waals surface area contributed by atoms with Crippen LogP contribution in [0.1, 0.15) is 31.4 Å². The number of carbonyl (C=O) groups excluding carboxylic acids is 1. The summed E-state index contributed by atoms with van der Waals surface area (Å²) in [5.41, 5.74) is 4.02. The highest BCUT2D eigenvalue weighted by molar-refractivity contribution is 5.93. The molecule has 39 heavy (non-hydrogen) atoms. The molecule has 0 unspecified atom stereocenters. The van der Waals surface area contributed by atoms with Gasteiger partial charge in [-0.1, -0.05) is 30.2 Å². The molecule has 4 heterocycles. The molecule has 9 heteroatoms. The first-order valence-corrected chi connectivity index (χ1v) is 13.0. The van der Waals surface area contributed by atoms with E-state index in [1.54, 1.807) is 32.5 Å². The molecule has 2 aliphatic rings. The van der Waals surface area contributed by atoms with Crippen molar-refractivity contribution in [1.82, 2.24) is 24.6 Å². The van der Waals surface area contributed by atoms with Gasteiger partial charge in [-0.05, 0) is 43.9 Å². The largest absolute Gasteiger partial charge is 0.494 e. The zero-order chi connectivity index (χ0) is 26.9. The lowest BCUT2D eigenvalue weighted by Gasteiger charge is -2.32. The van der Waals surface area contributed by atoms with Gasteiger partial charge >= 0.3 is 0 Å². The fourth-order valence-electron chi connectivity index (χ4n) is 5.35. The second-order valence-corrected chi connectivity index (χ2v) is 9.71. The van der Waals surface area contributed by atoms with Crippen molar-refractivity contribution in [2.75, 3.05) is 26.8 Å². The van der Waals surface area contributed by atoms with Crippen molar-refractivity contribution in [3.63, 3.8) is 0 Å². The molecule has 0 saturated carbocycles. The molecule has 1 amide bonds. The topological polar surface area (TPSA) is 81.0 Å². The molecule has 1 saturated heterocycles. The van der Waals surface area contributed by atoms with E-state index in [1.807, 2.05) is 27.5 Å². The third-order valence-electron chi connectivity index (χ3n) is 7.31. The number of piperidine rings is 1. The summed E-state index contributed by atoms with van der Waals surface area (Å²) in [6.45, 7) is 3.60. The number of fused-ring (bicyclic) bond motifs is 2. The Balaban J connectivity index is 1.28. The van der Waals surface area contributed by atoms with Crippen LogP contribution in [0.4, 0.5) is 4.39 Å². The highest BCUT2D eigenvalue weighted by Crippen LogP contribution is 2.39. The molecular formula is C30H28FN5O3. The smallest absolute Gasteiger partial charge is 0.298 e. The van der Waals surface area contributed by atoms with Crippen LogP contribution in [0.25, 0.3) is 28.3 Å². The second kappa shape index (κ2) is 10.4. The van der Waals surface area contributed by atoms with Crippen molar-refractivity contribution in [2.24, 2.45) is 0 Å². The van der Waals surface area contributed by atoms with Crippen LogP contribution in [-0.4, -0.2) is 58.0 Å². The summed E-state index contributed by atoms with van der Waals surface area (Å²) in [6.07, 6.45) is 5.16. The number of nitrogens with zero attached hydrogens (tertiary/aromatic N) is 4. The van der Waals surface area contributed by atoms with Crippen LogP contribution in [0.2, 0.25) is 0 Å². The van der Waals surface area contributed by atoms with Crippen molar-refractivity contribution < 1.29 is 18.7 Å². The lowest BCUT2D eigenvalue weighted by molar-refractivity contribution is -0.126. The summed E-state index contributed by atoms with van der Waals surface area (Å²) in [4.78, 5) is 23.1. The molecule has 0 spiro atoms. The van der Waals surface area contributed by atoms with Crippen molar-refractivity contribution >= 4 is 11.7 Å². The summed E-state index contributed by atoms with van der Waals surface area (Å²) in [5, 5.41) is 3.72. The summed E-state index contributed by atoms with van der Waals surface area (Å²) in [5.74, 6) is 6.74. The number of likely N-dealkylation sites (tertiary alicyclic amines) is 1. The minimum absolute atomic E-state index is 0.0615. The van der Waals surface area contributed by atoms with Gasteiger partial charge in [0.15, 0.2) is 5.75 Å². The van der Waals surface area contributed by atoms with Crippen LogP contribution in [-0.2, 0) is 4.79 Å². The van der Waals surface area contributed by atoms with E-state index in [4.69, 9.17) is 14.5 Å². The van der Waals surface area contributed by atoms with Crippen LogP contribution in [0.5, 0.6) is 11.5 Å². The standard InChI is InChI=1S/C30H28FN5O3/c1-3-5-27(37)35-12-10-22(11-13-35)33-25-18-39-26-15-19(8-9-24(25)26)28-29(20-6-4-7-21(31)14-20)36-17-23(38-2)16-32-30(36)34-28/h4,6-9,14-17,22,25,33H,10-13,18H2,1-2H3/t25-/m0/s1. The maximum absolute atomic E-state index is 14.2. The molecule has 0 bridgehead atoms. The molecule has 8 nitrogen and oxygen atoms in total. The second-order valence-electron chi connectivity index (χ2n) is 9.71. The normalized spacial score (nSPS) is 16.9. The van der Waals surface area contributed by atoms with E-state index in [-0.39, 0.29) is 17.8 Å². The number of hydrogen-bond donors (Lipinski definition) is 1. The maximum atomic E-state index is 14.2. The molecule has 0 aliphatic carbocycles. The van der Waals surface area contributed by atoms with Gasteiger partial charge in [0, 0.05) is 35.8 Å². The zero-order valence-electron chi connectivity index (χ0n) is 21.8. The predicted octanol–water partition coefficient (Wildman–Crippen LogP) is 4.25. The molecule has 1 fully saturated rings. The number of benzene rings is 2. The Morgan fingerprint density at radius 3 is 2.79 bits per heavy atom. The number of rotatable bonds is 5. The van der Waals surface area contributed by atoms with Gasteiger partial charge in [0.05, 0.1) is 36.9 Å². The van der Waals surface area contributed by atoms with Crippen molar-refractivity contribution in [1.29, 1.82) is 0 Å². The number of methoxy groups -OCH3 is 1. The molecular weight excluding hydrogens is 497 g/mol.